The molecule has 3 aliphatic heterocycles. The molecule has 3 rings (SSSR count). The fourth-order valence-corrected chi connectivity index (χ4v) is 5.27. The van der Waals surface area contributed by atoms with Crippen LogP contribution in [0.25, 0.3) is 0 Å². The molecule has 0 unspecified atom stereocenters. The van der Waals surface area contributed by atoms with E-state index < -0.39 is 14.1 Å². The van der Waals surface area contributed by atoms with Gasteiger partial charge < -0.3 is 18.6 Å². The van der Waals surface area contributed by atoms with Crippen LogP contribution >= 0.6 is 0 Å². The molecule has 0 saturated carbocycles. The Morgan fingerprint density at radius 3 is 2.35 bits per heavy atom. The molecule has 3 aliphatic rings. The van der Waals surface area contributed by atoms with Crippen molar-refractivity contribution in [1.82, 2.24) is 4.90 Å². The second kappa shape index (κ2) is 5.51. The summed E-state index contributed by atoms with van der Waals surface area (Å²) in [4.78, 5) is 2.44. The lowest BCUT2D eigenvalue weighted by Crippen LogP contribution is -2.49. The number of rotatable bonds is 3. The van der Waals surface area contributed by atoms with E-state index in [1.807, 2.05) is 13.8 Å². The van der Waals surface area contributed by atoms with Gasteiger partial charge in [-0.2, -0.15) is 0 Å². The van der Waals surface area contributed by atoms with Gasteiger partial charge >= 0.3 is 0 Å². The molecule has 0 aromatic rings. The van der Waals surface area contributed by atoms with Crippen LogP contribution in [0.4, 0.5) is 0 Å². The van der Waals surface area contributed by atoms with Gasteiger partial charge in [-0.05, 0) is 32.0 Å². The van der Waals surface area contributed by atoms with Crippen molar-refractivity contribution < 1.29 is 18.6 Å². The highest BCUT2D eigenvalue weighted by Gasteiger charge is 2.60. The molecule has 3 saturated heterocycles. The maximum atomic E-state index is 6.68. The number of nitrogens with zero attached hydrogens (tertiary/aromatic N) is 1. The first kappa shape index (κ1) is 17.8. The summed E-state index contributed by atoms with van der Waals surface area (Å²) in [6.07, 6.45) is 0.417. The van der Waals surface area contributed by atoms with Crippen LogP contribution < -0.4 is 0 Å². The summed E-state index contributed by atoms with van der Waals surface area (Å²) in [5.74, 6) is -0.488. The predicted octanol–water partition coefficient (Wildman–Crippen LogP) is 2.61. The lowest BCUT2D eigenvalue weighted by molar-refractivity contribution is -0.163. The topological polar surface area (TPSA) is 40.2 Å². The SMILES string of the molecule is CO[C@@H]1[C@@H]2[C@H]3OC(C)(C)O[C@H]3CN2C[C@H]1O[Si](C)(C)C(C)(C)C. The molecule has 6 heteroatoms. The van der Waals surface area contributed by atoms with Crippen LogP contribution in [0.1, 0.15) is 34.6 Å². The van der Waals surface area contributed by atoms with Crippen LogP contribution in [0.3, 0.4) is 0 Å². The molecule has 0 radical (unpaired) electrons. The first-order valence-corrected chi connectivity index (χ1v) is 11.7. The molecule has 23 heavy (non-hydrogen) atoms. The minimum absolute atomic E-state index is 0.0524. The number of fused-ring (bicyclic) bond motifs is 3. The average molecular weight is 344 g/mol. The molecule has 3 heterocycles. The Balaban J connectivity index is 1.75. The van der Waals surface area contributed by atoms with Gasteiger partial charge in [0.05, 0.1) is 12.1 Å². The van der Waals surface area contributed by atoms with Gasteiger partial charge in [0.25, 0.3) is 0 Å². The van der Waals surface area contributed by atoms with Gasteiger partial charge in [0.15, 0.2) is 14.1 Å². The van der Waals surface area contributed by atoms with Crippen LogP contribution in [0.5, 0.6) is 0 Å². The van der Waals surface area contributed by atoms with Gasteiger partial charge in [-0.1, -0.05) is 20.8 Å². The zero-order valence-electron chi connectivity index (χ0n) is 15.9. The summed E-state index contributed by atoms with van der Waals surface area (Å²) in [6.45, 7) is 17.3. The number of hydrogen-bond donors (Lipinski definition) is 0. The van der Waals surface area contributed by atoms with Gasteiger partial charge in [-0.3, -0.25) is 4.90 Å². The lowest BCUT2D eigenvalue weighted by atomic mass is 10.0. The van der Waals surface area contributed by atoms with Crippen molar-refractivity contribution in [2.24, 2.45) is 0 Å². The van der Waals surface area contributed by atoms with E-state index in [1.165, 1.54) is 0 Å². The summed E-state index contributed by atoms with van der Waals surface area (Å²) >= 11 is 0. The molecule has 0 amide bonds. The Morgan fingerprint density at radius 2 is 1.78 bits per heavy atom. The molecule has 0 aromatic carbocycles. The molecule has 5 atom stereocenters. The van der Waals surface area contributed by atoms with E-state index in [9.17, 15) is 0 Å². The minimum atomic E-state index is -1.82. The van der Waals surface area contributed by atoms with Crippen LogP contribution in [0, 0.1) is 0 Å². The van der Waals surface area contributed by atoms with Gasteiger partial charge in [0.1, 0.15) is 18.3 Å². The number of methoxy groups -OCH3 is 1. The Kier molecular flexibility index (Phi) is 4.27. The van der Waals surface area contributed by atoms with Gasteiger partial charge in [-0.15, -0.1) is 0 Å². The van der Waals surface area contributed by atoms with Crippen LogP contribution in [-0.4, -0.2) is 69.7 Å². The smallest absolute Gasteiger partial charge is 0.192 e. The summed E-state index contributed by atoms with van der Waals surface area (Å²) in [5.41, 5.74) is 0. The molecule has 0 aliphatic carbocycles. The second-order valence-electron chi connectivity index (χ2n) is 9.20. The molecule has 5 nitrogen and oxygen atoms in total. The second-order valence-corrected chi connectivity index (χ2v) is 14.0. The van der Waals surface area contributed by atoms with E-state index in [0.29, 0.717) is 0 Å². The van der Waals surface area contributed by atoms with E-state index in [2.05, 4.69) is 38.8 Å². The number of hydrogen-bond acceptors (Lipinski definition) is 5. The van der Waals surface area contributed by atoms with Crippen molar-refractivity contribution in [3.8, 4) is 0 Å². The summed E-state index contributed by atoms with van der Waals surface area (Å²) < 4.78 is 24.8. The third-order valence-corrected chi connectivity index (χ3v) is 10.5. The van der Waals surface area contributed by atoms with Crippen molar-refractivity contribution in [2.45, 2.75) is 89.0 Å². The Morgan fingerprint density at radius 1 is 1.13 bits per heavy atom. The maximum absolute atomic E-state index is 6.68. The van der Waals surface area contributed by atoms with Gasteiger partial charge in [0, 0.05) is 20.2 Å². The van der Waals surface area contributed by atoms with Crippen molar-refractivity contribution >= 4 is 8.32 Å². The molecular weight excluding hydrogens is 310 g/mol. The zero-order chi connectivity index (χ0) is 17.2. The van der Waals surface area contributed by atoms with E-state index in [4.69, 9.17) is 18.6 Å². The fourth-order valence-electron chi connectivity index (χ4n) is 3.95. The first-order chi connectivity index (χ1) is 10.5. The van der Waals surface area contributed by atoms with Crippen LogP contribution in [0.2, 0.25) is 18.1 Å². The van der Waals surface area contributed by atoms with Gasteiger partial charge in [0.2, 0.25) is 0 Å². The first-order valence-electron chi connectivity index (χ1n) is 8.75. The van der Waals surface area contributed by atoms with E-state index in [1.54, 1.807) is 7.11 Å². The van der Waals surface area contributed by atoms with E-state index in [-0.39, 0.29) is 35.5 Å². The normalized spacial score (nSPS) is 40.4. The predicted molar refractivity (Wildman–Crippen MR) is 92.1 cm³/mol. The third kappa shape index (κ3) is 3.02. The Labute approximate surface area is 141 Å². The molecule has 3 fully saturated rings. The highest BCUT2D eigenvalue weighted by molar-refractivity contribution is 6.74. The highest BCUT2D eigenvalue weighted by Crippen LogP contribution is 2.44. The van der Waals surface area contributed by atoms with Crippen molar-refractivity contribution in [2.75, 3.05) is 20.2 Å². The van der Waals surface area contributed by atoms with E-state index in [0.717, 1.165) is 13.1 Å². The summed E-state index contributed by atoms with van der Waals surface area (Å²) in [7, 11) is -0.0204. The fraction of sp³-hybridized carbons (Fsp3) is 1.00. The summed E-state index contributed by atoms with van der Waals surface area (Å²) in [5, 5.41) is 0.204. The highest BCUT2D eigenvalue weighted by atomic mass is 28.4. The Bertz CT molecular complexity index is 462. The van der Waals surface area contributed by atoms with Crippen molar-refractivity contribution in [1.29, 1.82) is 0 Å². The third-order valence-electron chi connectivity index (χ3n) is 6.04. The average Bonchev–Trinajstić information content (AvgIpc) is 2.93. The minimum Gasteiger partial charge on any atom is -0.410 e. The molecule has 0 aromatic heterocycles. The van der Waals surface area contributed by atoms with Crippen molar-refractivity contribution in [3.05, 3.63) is 0 Å². The quantitative estimate of drug-likeness (QED) is 0.737. The molecule has 0 bridgehead atoms. The van der Waals surface area contributed by atoms with Crippen LogP contribution in [-0.2, 0) is 18.6 Å². The monoisotopic (exact) mass is 343 g/mol. The molecule has 0 spiro atoms. The molecular formula is C17H33NO4Si. The van der Waals surface area contributed by atoms with E-state index >= 15 is 0 Å². The Hall–Kier alpha value is 0.0169. The zero-order valence-corrected chi connectivity index (χ0v) is 16.9. The molecule has 0 N–H and O–H groups in total. The molecule has 134 valence electrons. The van der Waals surface area contributed by atoms with Gasteiger partial charge in [-0.25, -0.2) is 0 Å². The number of ether oxygens (including phenoxy) is 3. The lowest BCUT2D eigenvalue weighted by Gasteiger charge is -2.40. The standard InChI is InChI=1S/C17H33NO4Si/c1-16(2,3)23(7,8)22-12-10-18-9-11-15(13(18)14(12)19-6)21-17(4,5)20-11/h11-15H,9-10H2,1-8H3/t11-,12+,13+,14-,15-/m0/s1. The summed E-state index contributed by atoms with van der Waals surface area (Å²) in [6, 6.07) is 0.238. The maximum Gasteiger partial charge on any atom is 0.192 e. The van der Waals surface area contributed by atoms with Crippen LogP contribution in [0.15, 0.2) is 0 Å². The largest absolute Gasteiger partial charge is 0.410 e. The van der Waals surface area contributed by atoms with Crippen molar-refractivity contribution in [3.63, 3.8) is 0 Å².